The molecule has 1 N–H and O–H groups in total. The van der Waals surface area contributed by atoms with Crippen molar-refractivity contribution >= 4 is 5.97 Å². The van der Waals surface area contributed by atoms with Crippen molar-refractivity contribution in [3.8, 4) is 0 Å². The van der Waals surface area contributed by atoms with Crippen LogP contribution in [0.1, 0.15) is 29.9 Å². The van der Waals surface area contributed by atoms with Crippen molar-refractivity contribution in [2.45, 2.75) is 24.2 Å². The number of carboxylic acid groups (broad SMARTS) is 1. The zero-order chi connectivity index (χ0) is 15.0. The van der Waals surface area contributed by atoms with Gasteiger partial charge in [-0.2, -0.15) is 0 Å². The van der Waals surface area contributed by atoms with Gasteiger partial charge in [-0.15, -0.1) is 0 Å². The van der Waals surface area contributed by atoms with Gasteiger partial charge >= 0.3 is 5.97 Å². The molecular weight excluding hydrogens is 274 g/mol. The summed E-state index contributed by atoms with van der Waals surface area (Å²) in [5, 5.41) is 9.54. The quantitative estimate of drug-likeness (QED) is 0.931. The molecule has 2 nitrogen and oxygen atoms in total. The molecule has 108 valence electrons. The number of benzene rings is 2. The van der Waals surface area contributed by atoms with Crippen LogP contribution in [-0.4, -0.2) is 11.1 Å². The van der Waals surface area contributed by atoms with E-state index in [0.29, 0.717) is 12.8 Å². The van der Waals surface area contributed by atoms with Gasteiger partial charge in [0, 0.05) is 6.07 Å². The van der Waals surface area contributed by atoms with Crippen LogP contribution in [0, 0.1) is 11.6 Å². The van der Waals surface area contributed by atoms with Crippen LogP contribution in [0.4, 0.5) is 8.78 Å². The lowest BCUT2D eigenvalue weighted by Crippen LogP contribution is -2.47. The van der Waals surface area contributed by atoms with Crippen LogP contribution >= 0.6 is 0 Å². The van der Waals surface area contributed by atoms with Gasteiger partial charge in [-0.05, 0) is 42.0 Å². The Morgan fingerprint density at radius 1 is 1.05 bits per heavy atom. The van der Waals surface area contributed by atoms with E-state index in [1.54, 1.807) is 0 Å². The first-order valence-corrected chi connectivity index (χ1v) is 6.76. The van der Waals surface area contributed by atoms with Gasteiger partial charge in [0.1, 0.15) is 11.6 Å². The highest BCUT2D eigenvalue weighted by atomic mass is 19.1. The zero-order valence-electron chi connectivity index (χ0n) is 11.2. The zero-order valence-corrected chi connectivity index (χ0v) is 11.2. The van der Waals surface area contributed by atoms with E-state index >= 15 is 0 Å². The summed E-state index contributed by atoms with van der Waals surface area (Å²) in [4.78, 5) is 11.7. The molecule has 0 bridgehead atoms. The van der Waals surface area contributed by atoms with E-state index in [0.717, 1.165) is 23.8 Å². The Morgan fingerprint density at radius 2 is 1.62 bits per heavy atom. The third-order valence-corrected chi connectivity index (χ3v) is 4.29. The molecule has 1 aliphatic carbocycles. The van der Waals surface area contributed by atoms with E-state index < -0.39 is 23.0 Å². The molecule has 0 aliphatic heterocycles. The molecule has 4 heteroatoms. The molecule has 1 fully saturated rings. The molecular formula is C17H14F2O2. The van der Waals surface area contributed by atoms with Gasteiger partial charge in [0.2, 0.25) is 0 Å². The Kier molecular flexibility index (Phi) is 3.24. The molecule has 0 aromatic heterocycles. The highest BCUT2D eigenvalue weighted by Crippen LogP contribution is 2.53. The van der Waals surface area contributed by atoms with Crippen molar-refractivity contribution in [2.75, 3.05) is 0 Å². The van der Waals surface area contributed by atoms with E-state index in [2.05, 4.69) is 0 Å². The minimum Gasteiger partial charge on any atom is -0.481 e. The molecule has 0 radical (unpaired) electrons. The van der Waals surface area contributed by atoms with Gasteiger partial charge in [0.25, 0.3) is 0 Å². The summed E-state index contributed by atoms with van der Waals surface area (Å²) in [6.45, 7) is 0. The largest absolute Gasteiger partial charge is 0.481 e. The van der Waals surface area contributed by atoms with Gasteiger partial charge in [-0.1, -0.05) is 30.3 Å². The van der Waals surface area contributed by atoms with E-state index in [-0.39, 0.29) is 11.5 Å². The second kappa shape index (κ2) is 4.95. The number of carbonyl (C=O) groups is 1. The van der Waals surface area contributed by atoms with Crippen molar-refractivity contribution in [2.24, 2.45) is 0 Å². The summed E-state index contributed by atoms with van der Waals surface area (Å²) in [5.74, 6) is -2.41. The van der Waals surface area contributed by atoms with Crippen LogP contribution in [0.2, 0.25) is 0 Å². The summed E-state index contributed by atoms with van der Waals surface area (Å²) in [7, 11) is 0. The molecule has 0 unspecified atom stereocenters. The van der Waals surface area contributed by atoms with Gasteiger partial charge in [-0.3, -0.25) is 4.79 Å². The summed E-state index contributed by atoms with van der Waals surface area (Å²) in [5.41, 5.74) is 0.0784. The predicted octanol–water partition coefficient (Wildman–Crippen LogP) is 3.86. The standard InChI is InChI=1S/C17H14F2O2/c18-14-6-13(7-15(19)8-14)17(16(20)21)9-12(10-17)11-4-2-1-3-5-11/h1-8,12H,9-10H2,(H,20,21). The fraction of sp³-hybridized carbons (Fsp3) is 0.235. The third kappa shape index (κ3) is 2.31. The van der Waals surface area contributed by atoms with Gasteiger partial charge < -0.3 is 5.11 Å². The second-order valence-electron chi connectivity index (χ2n) is 5.56. The molecule has 0 saturated heterocycles. The highest BCUT2D eigenvalue weighted by molar-refractivity contribution is 5.83. The van der Waals surface area contributed by atoms with Crippen LogP contribution < -0.4 is 0 Å². The molecule has 2 aromatic carbocycles. The molecule has 1 saturated carbocycles. The van der Waals surface area contributed by atoms with Crippen LogP contribution in [0.3, 0.4) is 0 Å². The Balaban J connectivity index is 1.92. The van der Waals surface area contributed by atoms with Crippen molar-refractivity contribution in [3.63, 3.8) is 0 Å². The normalized spacial score (nSPS) is 24.4. The Hall–Kier alpha value is -2.23. The molecule has 0 atom stereocenters. The predicted molar refractivity (Wildman–Crippen MR) is 74.1 cm³/mol. The molecule has 1 aliphatic rings. The van der Waals surface area contributed by atoms with Crippen LogP contribution in [-0.2, 0) is 10.2 Å². The summed E-state index contributed by atoms with van der Waals surface area (Å²) < 4.78 is 26.7. The Morgan fingerprint density at radius 3 is 2.14 bits per heavy atom. The van der Waals surface area contributed by atoms with Crippen LogP contribution in [0.5, 0.6) is 0 Å². The highest BCUT2D eigenvalue weighted by Gasteiger charge is 2.52. The van der Waals surface area contributed by atoms with Crippen LogP contribution in [0.25, 0.3) is 0 Å². The van der Waals surface area contributed by atoms with E-state index in [1.807, 2.05) is 30.3 Å². The van der Waals surface area contributed by atoms with Crippen molar-refractivity contribution in [1.82, 2.24) is 0 Å². The monoisotopic (exact) mass is 288 g/mol. The fourth-order valence-corrected chi connectivity index (χ4v) is 3.11. The number of aliphatic carboxylic acids is 1. The molecule has 21 heavy (non-hydrogen) atoms. The first kappa shape index (κ1) is 13.7. The maximum atomic E-state index is 13.4. The van der Waals surface area contributed by atoms with E-state index in [1.165, 1.54) is 0 Å². The third-order valence-electron chi connectivity index (χ3n) is 4.29. The number of carboxylic acids is 1. The Bertz CT molecular complexity index is 656. The van der Waals surface area contributed by atoms with E-state index in [4.69, 9.17) is 0 Å². The first-order valence-electron chi connectivity index (χ1n) is 6.76. The minimum absolute atomic E-state index is 0.105. The summed E-state index contributed by atoms with van der Waals surface area (Å²) in [6, 6.07) is 12.6. The van der Waals surface area contributed by atoms with Crippen LogP contribution in [0.15, 0.2) is 48.5 Å². The second-order valence-corrected chi connectivity index (χ2v) is 5.56. The first-order chi connectivity index (χ1) is 10.0. The maximum Gasteiger partial charge on any atom is 0.314 e. The lowest BCUT2D eigenvalue weighted by atomic mass is 9.57. The number of rotatable bonds is 3. The number of hydrogen-bond donors (Lipinski definition) is 1. The molecule has 3 rings (SSSR count). The lowest BCUT2D eigenvalue weighted by Gasteiger charge is -2.45. The topological polar surface area (TPSA) is 37.3 Å². The fourth-order valence-electron chi connectivity index (χ4n) is 3.11. The van der Waals surface area contributed by atoms with E-state index in [9.17, 15) is 18.7 Å². The van der Waals surface area contributed by atoms with Gasteiger partial charge in [0.15, 0.2) is 0 Å². The molecule has 0 heterocycles. The average Bonchev–Trinajstić information content (AvgIpc) is 2.37. The van der Waals surface area contributed by atoms with Crippen molar-refractivity contribution in [3.05, 3.63) is 71.3 Å². The van der Waals surface area contributed by atoms with Gasteiger partial charge in [0.05, 0.1) is 5.41 Å². The minimum atomic E-state index is -1.19. The summed E-state index contributed by atoms with van der Waals surface area (Å²) >= 11 is 0. The molecule has 0 amide bonds. The maximum absolute atomic E-state index is 13.4. The van der Waals surface area contributed by atoms with Crippen molar-refractivity contribution < 1.29 is 18.7 Å². The summed E-state index contributed by atoms with van der Waals surface area (Å²) in [6.07, 6.45) is 0.713. The average molecular weight is 288 g/mol. The van der Waals surface area contributed by atoms with Crippen molar-refractivity contribution in [1.29, 1.82) is 0 Å². The number of halogens is 2. The Labute approximate surface area is 121 Å². The molecule has 2 aromatic rings. The van der Waals surface area contributed by atoms with Gasteiger partial charge in [-0.25, -0.2) is 8.78 Å². The number of hydrogen-bond acceptors (Lipinski definition) is 1. The molecule has 0 spiro atoms. The lowest BCUT2D eigenvalue weighted by molar-refractivity contribution is -0.148. The SMILES string of the molecule is O=C(O)C1(c2cc(F)cc(F)c2)CC(c2ccccc2)C1. The smallest absolute Gasteiger partial charge is 0.314 e.